The summed E-state index contributed by atoms with van der Waals surface area (Å²) < 4.78 is 48.6. The number of benzene rings is 3. The summed E-state index contributed by atoms with van der Waals surface area (Å²) in [4.78, 5) is 30.7. The number of carbonyl (C=O) groups is 1. The number of amides is 1. The number of hydrogen-bond acceptors (Lipinski definition) is 8. The Kier molecular flexibility index (Phi) is 8.12. The van der Waals surface area contributed by atoms with Gasteiger partial charge in [-0.05, 0) is 96.5 Å². The monoisotopic (exact) mass is 744 g/mol. The standard InChI is InChI=1S/C32H30FIN4O6S/c1-18-28-27(29(36(2)30(18)39)35-26-14-9-20(34)15-25(26)33)31(40)37(17-19-7-10-22(44-3)11-8-19)32(41)38(28)21-5-4-6-24(16-21)45(42,43)23-12-13-23/h4-11,14-16,23,32,35,41H,12-13,17H2,1-3H3. The smallest absolute Gasteiger partial charge is 0.263 e. The summed E-state index contributed by atoms with van der Waals surface area (Å²) in [5.74, 6) is -0.568. The third kappa shape index (κ3) is 5.57. The molecule has 1 aliphatic carbocycles. The van der Waals surface area contributed by atoms with E-state index >= 15 is 4.39 Å². The highest BCUT2D eigenvalue weighted by Gasteiger charge is 2.43. The molecular formula is C32H30FIN4O6S. The second-order valence-corrected chi connectivity index (χ2v) is 14.5. The van der Waals surface area contributed by atoms with Gasteiger partial charge in [0.05, 0.1) is 35.2 Å². The molecule has 1 unspecified atom stereocenters. The molecule has 1 atom stereocenters. The van der Waals surface area contributed by atoms with Crippen molar-refractivity contribution in [1.29, 1.82) is 0 Å². The van der Waals surface area contributed by atoms with Gasteiger partial charge < -0.3 is 15.2 Å². The van der Waals surface area contributed by atoms with Gasteiger partial charge in [0.1, 0.15) is 22.9 Å². The van der Waals surface area contributed by atoms with Crippen molar-refractivity contribution >= 4 is 61.2 Å². The van der Waals surface area contributed by atoms with Crippen molar-refractivity contribution in [3.8, 4) is 5.75 Å². The Morgan fingerprint density at radius 1 is 1.07 bits per heavy atom. The van der Waals surface area contributed by atoms with E-state index in [1.54, 1.807) is 42.5 Å². The van der Waals surface area contributed by atoms with Crippen LogP contribution in [0.25, 0.3) is 0 Å². The van der Waals surface area contributed by atoms with Gasteiger partial charge in [0.15, 0.2) is 9.84 Å². The summed E-state index contributed by atoms with van der Waals surface area (Å²) in [7, 11) is -0.592. The Morgan fingerprint density at radius 3 is 2.42 bits per heavy atom. The van der Waals surface area contributed by atoms with E-state index in [0.29, 0.717) is 27.7 Å². The van der Waals surface area contributed by atoms with Gasteiger partial charge in [-0.15, -0.1) is 0 Å². The molecular weight excluding hydrogens is 714 g/mol. The largest absolute Gasteiger partial charge is 0.497 e. The van der Waals surface area contributed by atoms with Crippen molar-refractivity contribution in [2.45, 2.75) is 42.8 Å². The summed E-state index contributed by atoms with van der Waals surface area (Å²) >= 11 is 1.98. The highest BCUT2D eigenvalue weighted by molar-refractivity contribution is 14.1. The fraction of sp³-hybridized carbons (Fsp3) is 0.250. The number of carbonyl (C=O) groups excluding carboxylic acids is 1. The number of aliphatic hydroxyl groups is 1. The van der Waals surface area contributed by atoms with Gasteiger partial charge in [-0.2, -0.15) is 0 Å². The second kappa shape index (κ2) is 11.8. The van der Waals surface area contributed by atoms with Crippen molar-refractivity contribution < 1.29 is 27.4 Å². The van der Waals surface area contributed by atoms with Crippen LogP contribution in [0.3, 0.4) is 0 Å². The molecule has 1 aliphatic heterocycles. The number of anilines is 4. The van der Waals surface area contributed by atoms with Crippen molar-refractivity contribution in [1.82, 2.24) is 9.47 Å². The number of ether oxygens (including phenoxy) is 1. The molecule has 2 heterocycles. The molecule has 0 spiro atoms. The Balaban J connectivity index is 1.57. The quantitative estimate of drug-likeness (QED) is 0.237. The molecule has 0 bridgehead atoms. The van der Waals surface area contributed by atoms with Crippen LogP contribution in [0.4, 0.5) is 27.3 Å². The Bertz CT molecular complexity index is 2000. The average molecular weight is 745 g/mol. The molecule has 1 amide bonds. The summed E-state index contributed by atoms with van der Waals surface area (Å²) in [6, 6.07) is 17.6. The zero-order valence-corrected chi connectivity index (χ0v) is 27.6. The maximum atomic E-state index is 15.1. The van der Waals surface area contributed by atoms with Crippen LogP contribution < -0.4 is 20.5 Å². The summed E-state index contributed by atoms with van der Waals surface area (Å²) in [5.41, 5.74) is 0.751. The third-order valence-electron chi connectivity index (χ3n) is 8.10. The second-order valence-electron chi connectivity index (χ2n) is 11.0. The number of pyridine rings is 1. The number of hydrogen-bond donors (Lipinski definition) is 2. The number of nitrogens with one attached hydrogen (secondary N) is 1. The molecule has 0 radical (unpaired) electrons. The van der Waals surface area contributed by atoms with E-state index in [2.05, 4.69) is 5.32 Å². The first-order valence-electron chi connectivity index (χ1n) is 14.1. The van der Waals surface area contributed by atoms with Gasteiger partial charge in [-0.3, -0.25) is 24.0 Å². The SMILES string of the molecule is COc1ccc(CN2C(=O)c3c(c(C)c(=O)n(C)c3Nc3ccc(I)cc3F)N(c3cccc(S(=O)(=O)C4CC4)c3)C2O)cc1. The van der Waals surface area contributed by atoms with Gasteiger partial charge in [-0.1, -0.05) is 18.2 Å². The molecule has 2 aliphatic rings. The van der Waals surface area contributed by atoms with Crippen molar-refractivity contribution in [3.05, 3.63) is 103 Å². The number of aliphatic hydroxyl groups excluding tert-OH is 1. The lowest BCUT2D eigenvalue weighted by Gasteiger charge is -2.44. The zero-order valence-electron chi connectivity index (χ0n) is 24.6. The summed E-state index contributed by atoms with van der Waals surface area (Å²) in [5, 5.41) is 14.4. The maximum Gasteiger partial charge on any atom is 0.263 e. The van der Waals surface area contributed by atoms with Crippen LogP contribution in [0.1, 0.15) is 34.3 Å². The lowest BCUT2D eigenvalue weighted by Crippen LogP contribution is -2.54. The van der Waals surface area contributed by atoms with E-state index in [0.717, 1.165) is 0 Å². The zero-order chi connectivity index (χ0) is 32.2. The maximum absolute atomic E-state index is 15.1. The van der Waals surface area contributed by atoms with E-state index in [9.17, 15) is 23.1 Å². The lowest BCUT2D eigenvalue weighted by molar-refractivity contribution is 0.00334. The molecule has 0 saturated heterocycles. The number of fused-ring (bicyclic) bond motifs is 1. The van der Waals surface area contributed by atoms with Crippen LogP contribution >= 0.6 is 22.6 Å². The molecule has 45 heavy (non-hydrogen) atoms. The number of aromatic nitrogens is 1. The van der Waals surface area contributed by atoms with Gasteiger partial charge in [0.2, 0.25) is 6.35 Å². The first-order chi connectivity index (χ1) is 21.4. The van der Waals surface area contributed by atoms with Crippen molar-refractivity contribution in [2.24, 2.45) is 7.05 Å². The van der Waals surface area contributed by atoms with Crippen LogP contribution in [-0.2, 0) is 23.4 Å². The van der Waals surface area contributed by atoms with Crippen LogP contribution in [0.5, 0.6) is 5.75 Å². The topological polar surface area (TPSA) is 121 Å². The Morgan fingerprint density at radius 2 is 1.78 bits per heavy atom. The molecule has 6 rings (SSSR count). The van der Waals surface area contributed by atoms with Crippen molar-refractivity contribution in [2.75, 3.05) is 17.3 Å². The minimum Gasteiger partial charge on any atom is -0.497 e. The van der Waals surface area contributed by atoms with Crippen LogP contribution in [0, 0.1) is 16.3 Å². The average Bonchev–Trinajstić information content (AvgIpc) is 3.88. The molecule has 1 fully saturated rings. The minimum absolute atomic E-state index is 0.0156. The van der Waals surface area contributed by atoms with Crippen LogP contribution in [0.2, 0.25) is 0 Å². The number of nitrogens with zero attached hydrogens (tertiary/aromatic N) is 3. The lowest BCUT2D eigenvalue weighted by atomic mass is 10.0. The van der Waals surface area contributed by atoms with E-state index in [1.807, 2.05) is 22.6 Å². The predicted octanol–water partition coefficient (Wildman–Crippen LogP) is 5.20. The molecule has 1 aromatic heterocycles. The number of methoxy groups -OCH3 is 1. The normalized spacial score (nSPS) is 16.5. The molecule has 4 aromatic rings. The molecule has 10 nitrogen and oxygen atoms in total. The molecule has 13 heteroatoms. The minimum atomic E-state index is -3.60. The highest BCUT2D eigenvalue weighted by Crippen LogP contribution is 2.43. The summed E-state index contributed by atoms with van der Waals surface area (Å²) in [6.07, 6.45) is -0.476. The van der Waals surface area contributed by atoms with E-state index in [1.165, 1.54) is 59.7 Å². The molecule has 3 aromatic carbocycles. The van der Waals surface area contributed by atoms with E-state index < -0.39 is 38.7 Å². The summed E-state index contributed by atoms with van der Waals surface area (Å²) in [6.45, 7) is 1.49. The molecule has 1 saturated carbocycles. The highest BCUT2D eigenvalue weighted by atomic mass is 127. The predicted molar refractivity (Wildman–Crippen MR) is 176 cm³/mol. The van der Waals surface area contributed by atoms with Gasteiger partial charge in [-0.25, -0.2) is 12.8 Å². The molecule has 234 valence electrons. The van der Waals surface area contributed by atoms with Crippen molar-refractivity contribution in [3.63, 3.8) is 0 Å². The van der Waals surface area contributed by atoms with Gasteiger partial charge in [0, 0.05) is 21.9 Å². The Hall–Kier alpha value is -3.95. The van der Waals surface area contributed by atoms with E-state index in [-0.39, 0.29) is 45.4 Å². The van der Waals surface area contributed by atoms with E-state index in [4.69, 9.17) is 4.74 Å². The fourth-order valence-corrected chi connectivity index (χ4v) is 7.67. The third-order valence-corrected chi connectivity index (χ3v) is 11.0. The Labute approximate surface area is 273 Å². The number of rotatable bonds is 8. The first kappa shape index (κ1) is 31.0. The van der Waals surface area contributed by atoms with Crippen LogP contribution in [0.15, 0.2) is 76.4 Å². The number of halogens is 2. The van der Waals surface area contributed by atoms with Crippen LogP contribution in [-0.4, -0.2) is 47.6 Å². The van der Waals surface area contributed by atoms with Gasteiger partial charge in [0.25, 0.3) is 11.5 Å². The molecule has 2 N–H and O–H groups in total. The number of sulfone groups is 1. The van der Waals surface area contributed by atoms with Gasteiger partial charge >= 0.3 is 0 Å². The fourth-order valence-electron chi connectivity index (χ4n) is 5.52. The first-order valence-corrected chi connectivity index (χ1v) is 16.8.